The number of anilines is 1. The van der Waals surface area contributed by atoms with Crippen molar-refractivity contribution in [3.8, 4) is 0 Å². The van der Waals surface area contributed by atoms with Crippen LogP contribution in [0, 0.1) is 0 Å². The maximum atomic E-state index is 12.2. The zero-order valence-corrected chi connectivity index (χ0v) is 15.6. The lowest BCUT2D eigenvalue weighted by atomic mass is 10.1. The van der Waals surface area contributed by atoms with Crippen LogP contribution in [0.2, 0.25) is 0 Å². The predicted octanol–water partition coefficient (Wildman–Crippen LogP) is 2.55. The first-order valence-electron chi connectivity index (χ1n) is 9.40. The van der Waals surface area contributed by atoms with Crippen LogP contribution < -0.4 is 5.32 Å². The molecule has 1 heterocycles. The van der Waals surface area contributed by atoms with Crippen molar-refractivity contribution in [1.29, 1.82) is 0 Å². The van der Waals surface area contributed by atoms with Crippen molar-refractivity contribution < 1.29 is 14.4 Å². The Morgan fingerprint density at radius 2 is 1.81 bits per heavy atom. The van der Waals surface area contributed by atoms with Crippen molar-refractivity contribution in [1.82, 2.24) is 9.80 Å². The number of amides is 2. The summed E-state index contributed by atoms with van der Waals surface area (Å²) in [5.41, 5.74) is 1.25. The normalized spacial score (nSPS) is 14.7. The summed E-state index contributed by atoms with van der Waals surface area (Å²) >= 11 is 0. The third-order valence-electron chi connectivity index (χ3n) is 4.74. The van der Waals surface area contributed by atoms with Crippen LogP contribution in [0.15, 0.2) is 24.3 Å². The van der Waals surface area contributed by atoms with E-state index in [1.165, 1.54) is 19.3 Å². The van der Waals surface area contributed by atoms with Crippen molar-refractivity contribution in [3.05, 3.63) is 29.8 Å². The molecular formula is C20H29N3O3. The Balaban J connectivity index is 1.61. The van der Waals surface area contributed by atoms with Crippen LogP contribution in [0.25, 0.3) is 0 Å². The number of carbonyl (C=O) groups excluding carboxylic acids is 3. The van der Waals surface area contributed by atoms with Gasteiger partial charge < -0.3 is 15.1 Å². The fourth-order valence-corrected chi connectivity index (χ4v) is 3.10. The molecule has 2 amide bonds. The van der Waals surface area contributed by atoms with E-state index in [0.717, 1.165) is 25.9 Å². The second-order valence-corrected chi connectivity index (χ2v) is 6.86. The Bertz CT molecular complexity index is 595. The zero-order valence-electron chi connectivity index (χ0n) is 15.6. The van der Waals surface area contributed by atoms with Gasteiger partial charge >= 0.3 is 0 Å². The molecule has 0 atom stereocenters. The van der Waals surface area contributed by atoms with Crippen LogP contribution >= 0.6 is 0 Å². The van der Waals surface area contributed by atoms with Crippen LogP contribution in [-0.2, 0) is 9.59 Å². The maximum Gasteiger partial charge on any atom is 0.224 e. The summed E-state index contributed by atoms with van der Waals surface area (Å²) in [6.45, 7) is 3.62. The van der Waals surface area contributed by atoms with Crippen molar-refractivity contribution >= 4 is 23.8 Å². The van der Waals surface area contributed by atoms with Gasteiger partial charge in [-0.25, -0.2) is 0 Å². The van der Waals surface area contributed by atoms with E-state index in [-0.39, 0.29) is 11.8 Å². The molecule has 1 aromatic carbocycles. The molecular weight excluding hydrogens is 330 g/mol. The molecule has 6 nitrogen and oxygen atoms in total. The van der Waals surface area contributed by atoms with E-state index < -0.39 is 0 Å². The lowest BCUT2D eigenvalue weighted by Crippen LogP contribution is -2.35. The number of aldehydes is 1. The van der Waals surface area contributed by atoms with Gasteiger partial charge in [-0.1, -0.05) is 6.42 Å². The summed E-state index contributed by atoms with van der Waals surface area (Å²) in [6, 6.07) is 6.74. The third kappa shape index (κ3) is 6.96. The number of piperidine rings is 1. The summed E-state index contributed by atoms with van der Waals surface area (Å²) in [6.07, 6.45) is 6.07. The SMILES string of the molecule is CN(CCCC(=O)Nc1ccc(C=O)cc1)C(=O)CCN1CCCCC1. The Labute approximate surface area is 155 Å². The van der Waals surface area contributed by atoms with E-state index >= 15 is 0 Å². The topological polar surface area (TPSA) is 69.7 Å². The monoisotopic (exact) mass is 359 g/mol. The Morgan fingerprint density at radius 3 is 2.46 bits per heavy atom. The number of carbonyl (C=O) groups is 3. The van der Waals surface area contributed by atoms with Crippen LogP contribution in [0.1, 0.15) is 48.9 Å². The third-order valence-corrected chi connectivity index (χ3v) is 4.74. The maximum absolute atomic E-state index is 12.2. The highest BCUT2D eigenvalue weighted by Gasteiger charge is 2.14. The highest BCUT2D eigenvalue weighted by atomic mass is 16.2. The molecule has 1 fully saturated rings. The molecule has 142 valence electrons. The molecule has 0 aliphatic carbocycles. The highest BCUT2D eigenvalue weighted by molar-refractivity contribution is 5.91. The van der Waals surface area contributed by atoms with Gasteiger partial charge in [-0.05, 0) is 56.6 Å². The first-order valence-corrected chi connectivity index (χ1v) is 9.40. The quantitative estimate of drug-likeness (QED) is 0.688. The number of rotatable bonds is 9. The molecule has 1 aromatic rings. The molecule has 0 bridgehead atoms. The lowest BCUT2D eigenvalue weighted by Gasteiger charge is -2.27. The van der Waals surface area contributed by atoms with E-state index in [9.17, 15) is 14.4 Å². The number of nitrogens with zero attached hydrogens (tertiary/aromatic N) is 2. The molecule has 1 aliphatic rings. The number of hydrogen-bond acceptors (Lipinski definition) is 4. The van der Waals surface area contributed by atoms with Gasteiger partial charge in [-0.3, -0.25) is 14.4 Å². The van der Waals surface area contributed by atoms with Crippen LogP contribution in [0.4, 0.5) is 5.69 Å². The summed E-state index contributed by atoms with van der Waals surface area (Å²) in [5.74, 6) is 0.0541. The second kappa shape index (κ2) is 10.7. The zero-order chi connectivity index (χ0) is 18.8. The Kier molecular flexibility index (Phi) is 8.28. The Morgan fingerprint density at radius 1 is 1.12 bits per heavy atom. The first kappa shape index (κ1) is 20.1. The molecule has 1 saturated heterocycles. The van der Waals surface area contributed by atoms with Gasteiger partial charge in [0, 0.05) is 44.2 Å². The minimum Gasteiger partial charge on any atom is -0.346 e. The number of nitrogens with one attached hydrogen (secondary N) is 1. The van der Waals surface area contributed by atoms with Gasteiger partial charge in [0.25, 0.3) is 0 Å². The number of likely N-dealkylation sites (tertiary alicyclic amines) is 1. The fraction of sp³-hybridized carbons (Fsp3) is 0.550. The standard InChI is InChI=1S/C20H29N3O3/c1-22(20(26)11-15-23-13-3-2-4-14-23)12-5-6-19(25)21-18-9-7-17(16-24)8-10-18/h7-10,16H,2-6,11-15H2,1H3,(H,21,25). The average molecular weight is 359 g/mol. The van der Waals surface area contributed by atoms with E-state index in [4.69, 9.17) is 0 Å². The van der Waals surface area contributed by atoms with E-state index in [2.05, 4.69) is 10.2 Å². The van der Waals surface area contributed by atoms with E-state index in [0.29, 0.717) is 37.1 Å². The molecule has 0 spiro atoms. The molecule has 2 rings (SSSR count). The van der Waals surface area contributed by atoms with E-state index in [1.54, 1.807) is 36.2 Å². The molecule has 0 radical (unpaired) electrons. The average Bonchev–Trinajstić information content (AvgIpc) is 2.67. The summed E-state index contributed by atoms with van der Waals surface area (Å²) in [5, 5.41) is 2.80. The number of hydrogen-bond donors (Lipinski definition) is 1. The molecule has 0 unspecified atom stereocenters. The smallest absolute Gasteiger partial charge is 0.224 e. The molecule has 0 aromatic heterocycles. The van der Waals surface area contributed by atoms with Gasteiger partial charge in [0.2, 0.25) is 11.8 Å². The molecule has 1 N–H and O–H groups in total. The van der Waals surface area contributed by atoms with Gasteiger partial charge in [-0.15, -0.1) is 0 Å². The largest absolute Gasteiger partial charge is 0.346 e. The molecule has 0 saturated carbocycles. The minimum atomic E-state index is -0.0852. The van der Waals surface area contributed by atoms with Crippen molar-refractivity contribution in [2.45, 2.75) is 38.5 Å². The van der Waals surface area contributed by atoms with Crippen molar-refractivity contribution in [2.24, 2.45) is 0 Å². The van der Waals surface area contributed by atoms with Crippen LogP contribution in [0.5, 0.6) is 0 Å². The molecule has 1 aliphatic heterocycles. The van der Waals surface area contributed by atoms with Gasteiger partial charge in [0.05, 0.1) is 0 Å². The second-order valence-electron chi connectivity index (χ2n) is 6.86. The van der Waals surface area contributed by atoms with E-state index in [1.807, 2.05) is 0 Å². The summed E-state index contributed by atoms with van der Waals surface area (Å²) in [7, 11) is 1.80. The van der Waals surface area contributed by atoms with Crippen LogP contribution in [0.3, 0.4) is 0 Å². The fourth-order valence-electron chi connectivity index (χ4n) is 3.10. The van der Waals surface area contributed by atoms with Gasteiger partial charge in [-0.2, -0.15) is 0 Å². The van der Waals surface area contributed by atoms with Crippen molar-refractivity contribution in [3.63, 3.8) is 0 Å². The molecule has 6 heteroatoms. The predicted molar refractivity (Wildman–Crippen MR) is 102 cm³/mol. The van der Waals surface area contributed by atoms with Gasteiger partial charge in [0.1, 0.15) is 6.29 Å². The lowest BCUT2D eigenvalue weighted by molar-refractivity contribution is -0.130. The summed E-state index contributed by atoms with van der Waals surface area (Å²) < 4.78 is 0. The van der Waals surface area contributed by atoms with Crippen molar-refractivity contribution in [2.75, 3.05) is 38.5 Å². The van der Waals surface area contributed by atoms with Gasteiger partial charge in [0.15, 0.2) is 0 Å². The first-order chi connectivity index (χ1) is 12.6. The Hall–Kier alpha value is -2.21. The minimum absolute atomic E-state index is 0.0852. The highest BCUT2D eigenvalue weighted by Crippen LogP contribution is 2.10. The molecule has 26 heavy (non-hydrogen) atoms. The summed E-state index contributed by atoms with van der Waals surface area (Å²) in [4.78, 5) is 38.8. The number of benzene rings is 1. The van der Waals surface area contributed by atoms with Crippen LogP contribution in [-0.4, -0.2) is 61.1 Å².